The summed E-state index contributed by atoms with van der Waals surface area (Å²) in [4.78, 5) is 10.6. The maximum atomic E-state index is 10.6. The van der Waals surface area contributed by atoms with E-state index in [-0.39, 0.29) is 5.91 Å². The fourth-order valence-electron chi connectivity index (χ4n) is 0.782. The van der Waals surface area contributed by atoms with Gasteiger partial charge in [0.2, 0.25) is 5.91 Å². The second-order valence-corrected chi connectivity index (χ2v) is 2.11. The second-order valence-electron chi connectivity index (χ2n) is 2.11. The zero-order valence-electron chi connectivity index (χ0n) is 5.35. The highest BCUT2D eigenvalue weighted by Gasteiger charge is 2.02. The van der Waals surface area contributed by atoms with Crippen LogP contribution in [0.1, 0.15) is 19.3 Å². The summed E-state index contributed by atoms with van der Waals surface area (Å²) >= 11 is 0. The van der Waals surface area contributed by atoms with Crippen molar-refractivity contribution in [2.45, 2.75) is 19.3 Å². The molecule has 0 aromatic rings. The normalized spacial score (nSPS) is 22.0. The van der Waals surface area contributed by atoms with Crippen LogP contribution in [0.2, 0.25) is 0 Å². The van der Waals surface area contributed by atoms with Gasteiger partial charge in [0.05, 0.1) is 0 Å². The molecule has 1 aliphatic rings. The average molecular weight is 129 g/mol. The lowest BCUT2D eigenvalue weighted by Crippen LogP contribution is -2.27. The molecule has 1 saturated heterocycles. The van der Waals surface area contributed by atoms with Gasteiger partial charge < -0.3 is 10.1 Å². The molecule has 0 aromatic carbocycles. The number of amides is 1. The lowest BCUT2D eigenvalue weighted by Gasteiger charge is -2.09. The summed E-state index contributed by atoms with van der Waals surface area (Å²) in [6, 6.07) is 0. The van der Waals surface area contributed by atoms with Crippen LogP contribution in [0, 0.1) is 0 Å². The van der Waals surface area contributed by atoms with Crippen molar-refractivity contribution >= 4 is 5.91 Å². The molecule has 1 rings (SSSR count). The quantitative estimate of drug-likeness (QED) is 0.509. The van der Waals surface area contributed by atoms with Gasteiger partial charge in [-0.05, 0) is 12.8 Å². The molecule has 1 N–H and O–H groups in total. The molecule has 52 valence electrons. The Balaban J connectivity index is 2.20. The molecule has 3 heteroatoms. The van der Waals surface area contributed by atoms with Crippen molar-refractivity contribution in [3.63, 3.8) is 0 Å². The SMILES string of the molecule is O=C1CCCCOCN1. The molecule has 0 atom stereocenters. The Hall–Kier alpha value is -0.570. The molecule has 0 unspecified atom stereocenters. The van der Waals surface area contributed by atoms with Crippen LogP contribution in [-0.4, -0.2) is 19.2 Å². The Morgan fingerprint density at radius 2 is 2.33 bits per heavy atom. The van der Waals surface area contributed by atoms with E-state index in [1.54, 1.807) is 0 Å². The van der Waals surface area contributed by atoms with Crippen molar-refractivity contribution in [3.05, 3.63) is 0 Å². The van der Waals surface area contributed by atoms with Crippen molar-refractivity contribution in [1.29, 1.82) is 0 Å². The van der Waals surface area contributed by atoms with Crippen LogP contribution < -0.4 is 5.32 Å². The molecule has 0 aromatic heterocycles. The van der Waals surface area contributed by atoms with Gasteiger partial charge in [-0.2, -0.15) is 0 Å². The summed E-state index contributed by atoms with van der Waals surface area (Å²) in [6.45, 7) is 1.17. The number of hydrogen-bond acceptors (Lipinski definition) is 2. The van der Waals surface area contributed by atoms with E-state index >= 15 is 0 Å². The molecule has 0 bridgehead atoms. The fraction of sp³-hybridized carbons (Fsp3) is 0.833. The highest BCUT2D eigenvalue weighted by molar-refractivity contribution is 5.75. The van der Waals surface area contributed by atoms with Gasteiger partial charge in [0.15, 0.2) is 0 Å². The van der Waals surface area contributed by atoms with E-state index in [1.807, 2.05) is 0 Å². The topological polar surface area (TPSA) is 38.3 Å². The summed E-state index contributed by atoms with van der Waals surface area (Å²) in [5, 5.41) is 2.62. The van der Waals surface area contributed by atoms with E-state index in [4.69, 9.17) is 4.74 Å². The maximum absolute atomic E-state index is 10.6. The fourth-order valence-corrected chi connectivity index (χ4v) is 0.782. The summed E-state index contributed by atoms with van der Waals surface area (Å²) in [7, 11) is 0. The first kappa shape index (κ1) is 6.55. The smallest absolute Gasteiger partial charge is 0.221 e. The van der Waals surface area contributed by atoms with Gasteiger partial charge in [-0.3, -0.25) is 4.79 Å². The number of carbonyl (C=O) groups excluding carboxylic acids is 1. The van der Waals surface area contributed by atoms with Crippen molar-refractivity contribution in [2.75, 3.05) is 13.3 Å². The number of ether oxygens (including phenoxy) is 1. The van der Waals surface area contributed by atoms with Crippen molar-refractivity contribution in [3.8, 4) is 0 Å². The average Bonchev–Trinajstić information content (AvgIpc) is 1.79. The van der Waals surface area contributed by atoms with Gasteiger partial charge in [-0.15, -0.1) is 0 Å². The zero-order valence-corrected chi connectivity index (χ0v) is 5.35. The molecule has 1 heterocycles. The maximum Gasteiger partial charge on any atom is 0.221 e. The summed E-state index contributed by atoms with van der Waals surface area (Å²) in [5.74, 6) is 0.106. The lowest BCUT2D eigenvalue weighted by molar-refractivity contribution is -0.123. The molecule has 1 fully saturated rings. The standard InChI is InChI=1S/C6H11NO2/c8-6-3-1-2-4-9-5-7-6/h1-5H2,(H,7,8). The minimum absolute atomic E-state index is 0.106. The van der Waals surface area contributed by atoms with Crippen molar-refractivity contribution in [1.82, 2.24) is 5.32 Å². The van der Waals surface area contributed by atoms with Crippen molar-refractivity contribution in [2.24, 2.45) is 0 Å². The second kappa shape index (κ2) is 3.45. The Morgan fingerprint density at radius 3 is 3.22 bits per heavy atom. The van der Waals surface area contributed by atoms with Gasteiger partial charge in [0.1, 0.15) is 6.73 Å². The number of carbonyl (C=O) groups is 1. The third-order valence-electron chi connectivity index (χ3n) is 1.31. The van der Waals surface area contributed by atoms with Crippen molar-refractivity contribution < 1.29 is 9.53 Å². The first-order valence-corrected chi connectivity index (χ1v) is 3.24. The highest BCUT2D eigenvalue weighted by Crippen LogP contribution is 1.97. The summed E-state index contributed by atoms with van der Waals surface area (Å²) in [5.41, 5.74) is 0. The van der Waals surface area contributed by atoms with Crippen LogP contribution in [0.15, 0.2) is 0 Å². The van der Waals surface area contributed by atoms with Crippen LogP contribution in [0.25, 0.3) is 0 Å². The molecule has 0 radical (unpaired) electrons. The van der Waals surface area contributed by atoms with Gasteiger partial charge in [0, 0.05) is 13.0 Å². The Morgan fingerprint density at radius 1 is 1.44 bits per heavy atom. The predicted octanol–water partition coefficient (Wildman–Crippen LogP) is 0.261. The molecule has 0 saturated carbocycles. The molecule has 1 aliphatic heterocycles. The third kappa shape index (κ3) is 2.46. The highest BCUT2D eigenvalue weighted by atomic mass is 16.5. The van der Waals surface area contributed by atoms with Gasteiger partial charge in [0.25, 0.3) is 0 Å². The Labute approximate surface area is 54.4 Å². The number of hydrogen-bond donors (Lipinski definition) is 1. The first-order valence-electron chi connectivity index (χ1n) is 3.24. The van der Waals surface area contributed by atoms with E-state index < -0.39 is 0 Å². The van der Waals surface area contributed by atoms with Crippen LogP contribution >= 0.6 is 0 Å². The first-order chi connectivity index (χ1) is 4.39. The van der Waals surface area contributed by atoms with Crippen LogP contribution in [0.4, 0.5) is 0 Å². The minimum atomic E-state index is 0.106. The molecule has 1 amide bonds. The minimum Gasteiger partial charge on any atom is -0.361 e. The van der Waals surface area contributed by atoms with Crippen LogP contribution in [-0.2, 0) is 9.53 Å². The van der Waals surface area contributed by atoms with Gasteiger partial charge in [-0.25, -0.2) is 0 Å². The molecule has 9 heavy (non-hydrogen) atoms. The van der Waals surface area contributed by atoms with E-state index in [0.717, 1.165) is 19.4 Å². The van der Waals surface area contributed by atoms with E-state index in [0.29, 0.717) is 13.2 Å². The molecule has 0 aliphatic carbocycles. The number of rotatable bonds is 0. The van der Waals surface area contributed by atoms with E-state index in [1.165, 1.54) is 0 Å². The van der Waals surface area contributed by atoms with E-state index in [9.17, 15) is 4.79 Å². The summed E-state index contributed by atoms with van der Waals surface area (Å²) in [6.07, 6.45) is 2.61. The summed E-state index contributed by atoms with van der Waals surface area (Å²) < 4.78 is 5.01. The van der Waals surface area contributed by atoms with Gasteiger partial charge in [-0.1, -0.05) is 0 Å². The monoisotopic (exact) mass is 129 g/mol. The Kier molecular flexibility index (Phi) is 2.51. The third-order valence-corrected chi connectivity index (χ3v) is 1.31. The molecular formula is C6H11NO2. The molecular weight excluding hydrogens is 118 g/mol. The largest absolute Gasteiger partial charge is 0.361 e. The van der Waals surface area contributed by atoms with Gasteiger partial charge >= 0.3 is 0 Å². The van der Waals surface area contributed by atoms with Crippen LogP contribution in [0.5, 0.6) is 0 Å². The molecule has 0 spiro atoms. The lowest BCUT2D eigenvalue weighted by atomic mass is 10.2. The predicted molar refractivity (Wildman–Crippen MR) is 32.8 cm³/mol. The van der Waals surface area contributed by atoms with Crippen LogP contribution in [0.3, 0.4) is 0 Å². The zero-order chi connectivity index (χ0) is 6.53. The number of nitrogens with one attached hydrogen (secondary N) is 1. The van der Waals surface area contributed by atoms with E-state index in [2.05, 4.69) is 5.32 Å². The molecule has 3 nitrogen and oxygen atoms in total. The Bertz CT molecular complexity index is 93.2.